The van der Waals surface area contributed by atoms with E-state index in [0.29, 0.717) is 18.8 Å². The summed E-state index contributed by atoms with van der Waals surface area (Å²) in [7, 11) is 3.82. The number of benzene rings is 1. The van der Waals surface area contributed by atoms with Gasteiger partial charge in [-0.25, -0.2) is 0 Å². The fourth-order valence-corrected chi connectivity index (χ4v) is 3.17. The van der Waals surface area contributed by atoms with Crippen LogP contribution in [-0.4, -0.2) is 53.8 Å². The molecule has 0 bridgehead atoms. The molecule has 146 valence electrons. The van der Waals surface area contributed by atoms with Gasteiger partial charge in [0.1, 0.15) is 5.76 Å². The maximum absolute atomic E-state index is 12.9. The first-order valence-electron chi connectivity index (χ1n) is 9.10. The fourth-order valence-electron chi connectivity index (χ4n) is 3.17. The van der Waals surface area contributed by atoms with E-state index < -0.39 is 23.5 Å². The van der Waals surface area contributed by atoms with Crippen molar-refractivity contribution in [3.05, 3.63) is 77.0 Å². The Kier molecular flexibility index (Phi) is 5.80. The molecular weight excluding hydrogens is 356 g/mol. The van der Waals surface area contributed by atoms with Gasteiger partial charge in [-0.3, -0.25) is 9.59 Å². The maximum Gasteiger partial charge on any atom is 0.290 e. The molecule has 1 aliphatic rings. The Labute approximate surface area is 164 Å². The van der Waals surface area contributed by atoms with Crippen molar-refractivity contribution in [2.45, 2.75) is 13.0 Å². The molecule has 1 aromatic heterocycles. The summed E-state index contributed by atoms with van der Waals surface area (Å²) in [4.78, 5) is 29.1. The third-order valence-corrected chi connectivity index (χ3v) is 4.69. The number of likely N-dealkylation sites (N-methyl/N-ethyl adjacent to an activating group) is 1. The third-order valence-electron chi connectivity index (χ3n) is 4.69. The van der Waals surface area contributed by atoms with Crippen LogP contribution in [0.3, 0.4) is 0 Å². The van der Waals surface area contributed by atoms with Gasteiger partial charge in [0.05, 0.1) is 17.9 Å². The number of hydrogen-bond donors (Lipinski definition) is 1. The highest BCUT2D eigenvalue weighted by Gasteiger charge is 2.42. The van der Waals surface area contributed by atoms with Gasteiger partial charge in [-0.15, -0.1) is 0 Å². The predicted octanol–water partition coefficient (Wildman–Crippen LogP) is 3.13. The Bertz CT molecular complexity index is 909. The molecule has 0 spiro atoms. The predicted molar refractivity (Wildman–Crippen MR) is 107 cm³/mol. The lowest BCUT2D eigenvalue weighted by atomic mass is 9.95. The number of ketones is 1. The third kappa shape index (κ3) is 4.07. The Morgan fingerprint density at radius 3 is 2.57 bits per heavy atom. The fraction of sp³-hybridized carbons (Fsp3) is 0.273. The molecule has 1 unspecified atom stereocenters. The van der Waals surface area contributed by atoms with Gasteiger partial charge >= 0.3 is 0 Å². The number of rotatable bonds is 7. The van der Waals surface area contributed by atoms with Crippen LogP contribution in [-0.2, 0) is 9.59 Å². The van der Waals surface area contributed by atoms with Crippen molar-refractivity contribution in [3.63, 3.8) is 0 Å². The average molecular weight is 380 g/mol. The van der Waals surface area contributed by atoms with Crippen LogP contribution in [0, 0.1) is 6.92 Å². The molecular formula is C22H24N2O4. The van der Waals surface area contributed by atoms with Gasteiger partial charge in [-0.1, -0.05) is 29.8 Å². The summed E-state index contributed by atoms with van der Waals surface area (Å²) < 4.78 is 5.20. The molecule has 28 heavy (non-hydrogen) atoms. The van der Waals surface area contributed by atoms with Crippen LogP contribution in [0.2, 0.25) is 0 Å². The number of aliphatic hydroxyl groups excluding tert-OH is 1. The zero-order valence-corrected chi connectivity index (χ0v) is 16.3. The van der Waals surface area contributed by atoms with Crippen molar-refractivity contribution in [2.24, 2.45) is 0 Å². The summed E-state index contributed by atoms with van der Waals surface area (Å²) in [6, 6.07) is 10.5. The molecule has 0 fully saturated rings. The monoisotopic (exact) mass is 380 g/mol. The molecule has 0 aliphatic carbocycles. The van der Waals surface area contributed by atoms with Crippen LogP contribution in [0.25, 0.3) is 6.08 Å². The largest absolute Gasteiger partial charge is 0.503 e. The molecule has 0 radical (unpaired) electrons. The highest BCUT2D eigenvalue weighted by atomic mass is 16.3. The van der Waals surface area contributed by atoms with E-state index in [4.69, 9.17) is 4.42 Å². The van der Waals surface area contributed by atoms with E-state index in [1.54, 1.807) is 17.0 Å². The summed E-state index contributed by atoms with van der Waals surface area (Å²) in [6.07, 6.45) is 4.37. The Hall–Kier alpha value is -3.12. The van der Waals surface area contributed by atoms with E-state index in [0.717, 1.165) is 11.1 Å². The molecule has 0 saturated carbocycles. The first-order chi connectivity index (χ1) is 13.4. The van der Waals surface area contributed by atoms with E-state index in [1.807, 2.05) is 50.2 Å². The van der Waals surface area contributed by atoms with Gasteiger partial charge in [0.15, 0.2) is 11.5 Å². The normalized spacial score (nSPS) is 17.4. The SMILES string of the molecule is Cc1ccc(C2C(C(=O)/C=C/c3ccco3)=C(O)C(=O)N2CCN(C)C)cc1. The molecule has 2 aromatic rings. The molecule has 1 atom stereocenters. The highest BCUT2D eigenvalue weighted by Crippen LogP contribution is 2.37. The van der Waals surface area contributed by atoms with Crippen LogP contribution in [0.15, 0.2) is 64.5 Å². The van der Waals surface area contributed by atoms with Crippen LogP contribution in [0.4, 0.5) is 0 Å². The lowest BCUT2D eigenvalue weighted by Crippen LogP contribution is -2.36. The average Bonchev–Trinajstić information content (AvgIpc) is 3.26. The second kappa shape index (κ2) is 8.27. The Morgan fingerprint density at radius 1 is 1.25 bits per heavy atom. The van der Waals surface area contributed by atoms with Gasteiger partial charge in [-0.05, 0) is 50.9 Å². The van der Waals surface area contributed by atoms with Crippen molar-refractivity contribution in [3.8, 4) is 0 Å². The number of nitrogens with zero attached hydrogens (tertiary/aromatic N) is 2. The second-order valence-electron chi connectivity index (χ2n) is 7.09. The van der Waals surface area contributed by atoms with Crippen molar-refractivity contribution in [1.82, 2.24) is 9.80 Å². The lowest BCUT2D eigenvalue weighted by Gasteiger charge is -2.27. The molecule has 1 aliphatic heterocycles. The summed E-state index contributed by atoms with van der Waals surface area (Å²) in [5.41, 5.74) is 1.96. The summed E-state index contributed by atoms with van der Waals surface area (Å²) >= 11 is 0. The topological polar surface area (TPSA) is 74.0 Å². The highest BCUT2D eigenvalue weighted by molar-refractivity contribution is 6.14. The minimum atomic E-state index is -0.623. The van der Waals surface area contributed by atoms with Crippen molar-refractivity contribution in [2.75, 3.05) is 27.2 Å². The first-order valence-corrected chi connectivity index (χ1v) is 9.10. The van der Waals surface area contributed by atoms with E-state index in [1.165, 1.54) is 18.4 Å². The molecule has 6 heteroatoms. The Morgan fingerprint density at radius 2 is 1.96 bits per heavy atom. The molecule has 0 saturated heterocycles. The van der Waals surface area contributed by atoms with Crippen LogP contribution in [0.1, 0.15) is 22.9 Å². The van der Waals surface area contributed by atoms with Gasteiger partial charge in [0, 0.05) is 13.1 Å². The number of aryl methyl sites for hydroxylation is 1. The van der Waals surface area contributed by atoms with E-state index >= 15 is 0 Å². The minimum absolute atomic E-state index is 0.0930. The summed E-state index contributed by atoms with van der Waals surface area (Å²) in [5, 5.41) is 10.5. The van der Waals surface area contributed by atoms with Gasteiger partial charge in [-0.2, -0.15) is 0 Å². The zero-order chi connectivity index (χ0) is 20.3. The molecule has 3 rings (SSSR count). The molecule has 1 N–H and O–H groups in total. The lowest BCUT2D eigenvalue weighted by molar-refractivity contribution is -0.129. The van der Waals surface area contributed by atoms with Gasteiger partial charge in [0.25, 0.3) is 5.91 Å². The second-order valence-corrected chi connectivity index (χ2v) is 7.09. The van der Waals surface area contributed by atoms with Gasteiger partial charge < -0.3 is 19.3 Å². The number of carbonyl (C=O) groups excluding carboxylic acids is 2. The van der Waals surface area contributed by atoms with E-state index in [-0.39, 0.29) is 5.57 Å². The number of furan rings is 1. The Balaban J connectivity index is 1.97. The summed E-state index contributed by atoms with van der Waals surface area (Å²) in [5.74, 6) is -0.908. The van der Waals surface area contributed by atoms with E-state index in [9.17, 15) is 14.7 Å². The number of carbonyl (C=O) groups is 2. The standard InChI is InChI=1S/C22H24N2O4/c1-15-6-8-16(9-7-15)20-19(18(25)11-10-17-5-4-14-28-17)21(26)22(27)24(20)13-12-23(2)3/h4-11,14,20,26H,12-13H2,1-3H3/b11-10+. The molecule has 1 aromatic carbocycles. The number of hydrogen-bond acceptors (Lipinski definition) is 5. The molecule has 6 nitrogen and oxygen atoms in total. The quantitative estimate of drug-likeness (QED) is 0.747. The molecule has 2 heterocycles. The van der Waals surface area contributed by atoms with Crippen molar-refractivity contribution in [1.29, 1.82) is 0 Å². The smallest absolute Gasteiger partial charge is 0.290 e. The van der Waals surface area contributed by atoms with E-state index in [2.05, 4.69) is 0 Å². The molecule has 1 amide bonds. The van der Waals surface area contributed by atoms with Crippen molar-refractivity contribution < 1.29 is 19.1 Å². The van der Waals surface area contributed by atoms with Gasteiger partial charge in [0.2, 0.25) is 0 Å². The number of amides is 1. The first kappa shape index (κ1) is 19.6. The number of aliphatic hydroxyl groups is 1. The summed E-state index contributed by atoms with van der Waals surface area (Å²) in [6.45, 7) is 2.98. The minimum Gasteiger partial charge on any atom is -0.503 e. The van der Waals surface area contributed by atoms with Crippen molar-refractivity contribution >= 4 is 17.8 Å². The van der Waals surface area contributed by atoms with Crippen LogP contribution in [0.5, 0.6) is 0 Å². The van der Waals surface area contributed by atoms with Crippen LogP contribution < -0.4 is 0 Å². The number of allylic oxidation sites excluding steroid dienone is 1. The zero-order valence-electron chi connectivity index (χ0n) is 16.3. The van der Waals surface area contributed by atoms with Crippen LogP contribution >= 0.6 is 0 Å². The maximum atomic E-state index is 12.9.